The van der Waals surface area contributed by atoms with E-state index in [1.54, 1.807) is 30.7 Å². The molecule has 0 fully saturated rings. The Balaban J connectivity index is 1.56. The van der Waals surface area contributed by atoms with Crippen molar-refractivity contribution in [1.82, 2.24) is 9.97 Å². The first-order valence-electron chi connectivity index (χ1n) is 7.08. The zero-order chi connectivity index (χ0) is 16.9. The number of carbonyl (C=O) groups is 1. The highest BCUT2D eigenvalue weighted by atomic mass is 35.5. The van der Waals surface area contributed by atoms with Gasteiger partial charge in [-0.2, -0.15) is 0 Å². The number of nitrogens with one attached hydrogen (secondary N) is 2. The molecule has 0 aliphatic rings. The number of anilines is 1. The summed E-state index contributed by atoms with van der Waals surface area (Å²) in [5.74, 6) is 0.126. The molecule has 0 atom stereocenters. The van der Waals surface area contributed by atoms with Crippen molar-refractivity contribution in [3.63, 3.8) is 0 Å². The summed E-state index contributed by atoms with van der Waals surface area (Å²) in [5, 5.41) is 3.63. The molecule has 0 unspecified atom stereocenters. The average molecular weight is 362 g/mol. The smallest absolute Gasteiger partial charge is 0.262 e. The quantitative estimate of drug-likeness (QED) is 0.707. The van der Waals surface area contributed by atoms with Gasteiger partial charge < -0.3 is 15.0 Å². The van der Waals surface area contributed by atoms with Crippen molar-refractivity contribution < 1.29 is 9.53 Å². The molecule has 0 saturated carbocycles. The summed E-state index contributed by atoms with van der Waals surface area (Å²) in [6.45, 7) is -0.149. The molecule has 3 aromatic rings. The maximum absolute atomic E-state index is 12.0. The minimum Gasteiger partial charge on any atom is -0.482 e. The molecule has 1 aromatic heterocycles. The van der Waals surface area contributed by atoms with Gasteiger partial charge in [0, 0.05) is 10.7 Å². The minimum absolute atomic E-state index is 0.149. The number of hydrogen-bond acceptors (Lipinski definition) is 3. The van der Waals surface area contributed by atoms with Crippen LogP contribution in [0.5, 0.6) is 5.75 Å². The monoisotopic (exact) mass is 361 g/mol. The Labute approximate surface area is 148 Å². The Morgan fingerprint density at radius 1 is 1.17 bits per heavy atom. The fraction of sp³-hybridized carbons (Fsp3) is 0.0588. The third-order valence-electron chi connectivity index (χ3n) is 3.23. The van der Waals surface area contributed by atoms with E-state index in [1.807, 2.05) is 24.3 Å². The summed E-state index contributed by atoms with van der Waals surface area (Å²) in [7, 11) is 0. The number of halogens is 2. The minimum atomic E-state index is -0.282. The van der Waals surface area contributed by atoms with Gasteiger partial charge in [-0.25, -0.2) is 4.98 Å². The van der Waals surface area contributed by atoms with Crippen molar-refractivity contribution in [2.75, 3.05) is 11.9 Å². The first-order valence-corrected chi connectivity index (χ1v) is 7.84. The lowest BCUT2D eigenvalue weighted by Crippen LogP contribution is -2.20. The van der Waals surface area contributed by atoms with Crippen LogP contribution >= 0.6 is 23.2 Å². The summed E-state index contributed by atoms with van der Waals surface area (Å²) >= 11 is 11.8. The number of aromatic nitrogens is 2. The lowest BCUT2D eigenvalue weighted by molar-refractivity contribution is -0.118. The van der Waals surface area contributed by atoms with E-state index < -0.39 is 0 Å². The maximum Gasteiger partial charge on any atom is 0.262 e. The van der Waals surface area contributed by atoms with Crippen molar-refractivity contribution >= 4 is 34.8 Å². The van der Waals surface area contributed by atoms with Crippen molar-refractivity contribution in [1.29, 1.82) is 0 Å². The van der Waals surface area contributed by atoms with Crippen LogP contribution < -0.4 is 10.1 Å². The fourth-order valence-corrected chi connectivity index (χ4v) is 2.54. The molecule has 0 aliphatic heterocycles. The zero-order valence-electron chi connectivity index (χ0n) is 12.4. The van der Waals surface area contributed by atoms with E-state index in [0.29, 0.717) is 21.5 Å². The van der Waals surface area contributed by atoms with Crippen molar-refractivity contribution in [2.45, 2.75) is 0 Å². The number of aromatic amines is 1. The molecule has 1 amide bonds. The molecule has 1 heterocycles. The van der Waals surface area contributed by atoms with Crippen LogP contribution in [0.15, 0.2) is 55.0 Å². The van der Waals surface area contributed by atoms with Gasteiger partial charge >= 0.3 is 0 Å². The molecular formula is C17H13Cl2N3O2. The van der Waals surface area contributed by atoms with E-state index in [2.05, 4.69) is 15.3 Å². The van der Waals surface area contributed by atoms with Crippen LogP contribution in [0.4, 0.5) is 5.69 Å². The predicted octanol–water partition coefficient (Wildman–Crippen LogP) is 4.40. The predicted molar refractivity (Wildman–Crippen MR) is 94.6 cm³/mol. The highest BCUT2D eigenvalue weighted by Crippen LogP contribution is 2.27. The molecule has 0 saturated heterocycles. The topological polar surface area (TPSA) is 67.0 Å². The number of ether oxygens (including phenoxy) is 1. The first kappa shape index (κ1) is 16.4. The third-order valence-corrected chi connectivity index (χ3v) is 3.76. The van der Waals surface area contributed by atoms with E-state index in [9.17, 15) is 4.79 Å². The summed E-state index contributed by atoms with van der Waals surface area (Å²) in [6.07, 6.45) is 3.35. The number of nitrogens with zero attached hydrogens (tertiary/aromatic N) is 1. The molecule has 2 N–H and O–H groups in total. The van der Waals surface area contributed by atoms with Gasteiger partial charge in [0.15, 0.2) is 6.61 Å². The van der Waals surface area contributed by atoms with Gasteiger partial charge in [-0.15, -0.1) is 0 Å². The second-order valence-corrected chi connectivity index (χ2v) is 5.80. The summed E-state index contributed by atoms with van der Waals surface area (Å²) in [4.78, 5) is 19.0. The van der Waals surface area contributed by atoms with Crippen molar-refractivity contribution in [3.05, 3.63) is 65.0 Å². The standard InChI is InChI=1S/C17H13Cl2N3O2/c18-12-3-6-16(14(19)7-12)24-9-17(23)22-13-4-1-11(2-5-13)15-8-20-10-21-15/h1-8,10H,9H2,(H,20,21)(H,22,23). The number of amides is 1. The number of rotatable bonds is 5. The van der Waals surface area contributed by atoms with Crippen LogP contribution in [0.25, 0.3) is 11.3 Å². The van der Waals surface area contributed by atoms with Gasteiger partial charge in [-0.05, 0) is 35.9 Å². The number of carbonyl (C=O) groups excluding carboxylic acids is 1. The maximum atomic E-state index is 12.0. The Morgan fingerprint density at radius 3 is 2.62 bits per heavy atom. The number of imidazole rings is 1. The van der Waals surface area contributed by atoms with Gasteiger partial charge in [-0.1, -0.05) is 35.3 Å². The molecule has 24 heavy (non-hydrogen) atoms. The Kier molecular flexibility index (Phi) is 5.03. The molecule has 0 radical (unpaired) electrons. The molecule has 5 nitrogen and oxygen atoms in total. The summed E-state index contributed by atoms with van der Waals surface area (Å²) in [6, 6.07) is 12.2. The van der Waals surface area contributed by atoms with Crippen LogP contribution in [0.1, 0.15) is 0 Å². The molecule has 0 bridgehead atoms. The molecule has 122 valence electrons. The first-order chi connectivity index (χ1) is 11.6. The highest BCUT2D eigenvalue weighted by Gasteiger charge is 2.07. The van der Waals surface area contributed by atoms with E-state index in [0.717, 1.165) is 11.3 Å². The Hall–Kier alpha value is -2.50. The summed E-state index contributed by atoms with van der Waals surface area (Å²) in [5.41, 5.74) is 2.57. The molecule has 0 spiro atoms. The molecular weight excluding hydrogens is 349 g/mol. The Bertz CT molecular complexity index is 834. The number of hydrogen-bond donors (Lipinski definition) is 2. The molecule has 3 rings (SSSR count). The van der Waals surface area contributed by atoms with Crippen molar-refractivity contribution in [3.8, 4) is 17.0 Å². The van der Waals surface area contributed by atoms with Gasteiger partial charge in [-0.3, -0.25) is 4.79 Å². The molecule has 7 heteroatoms. The van der Waals surface area contributed by atoms with E-state index >= 15 is 0 Å². The number of H-pyrrole nitrogens is 1. The van der Waals surface area contributed by atoms with Crippen molar-refractivity contribution in [2.24, 2.45) is 0 Å². The summed E-state index contributed by atoms with van der Waals surface area (Å²) < 4.78 is 5.39. The van der Waals surface area contributed by atoms with Crippen LogP contribution in [0.3, 0.4) is 0 Å². The Morgan fingerprint density at radius 2 is 1.96 bits per heavy atom. The fourth-order valence-electron chi connectivity index (χ4n) is 2.08. The van der Waals surface area contributed by atoms with Gasteiger partial charge in [0.1, 0.15) is 5.75 Å². The van der Waals surface area contributed by atoms with Gasteiger partial charge in [0.2, 0.25) is 0 Å². The van der Waals surface area contributed by atoms with Crippen LogP contribution in [-0.4, -0.2) is 22.5 Å². The van der Waals surface area contributed by atoms with E-state index in [-0.39, 0.29) is 12.5 Å². The van der Waals surface area contributed by atoms with Crippen LogP contribution in [-0.2, 0) is 4.79 Å². The lowest BCUT2D eigenvalue weighted by Gasteiger charge is -2.09. The second-order valence-electron chi connectivity index (χ2n) is 4.95. The van der Waals surface area contributed by atoms with Gasteiger partial charge in [0.05, 0.1) is 23.2 Å². The average Bonchev–Trinajstić information content (AvgIpc) is 3.09. The molecule has 2 aromatic carbocycles. The van der Waals surface area contributed by atoms with E-state index in [1.165, 1.54) is 0 Å². The highest BCUT2D eigenvalue weighted by molar-refractivity contribution is 6.35. The zero-order valence-corrected chi connectivity index (χ0v) is 13.9. The third kappa shape index (κ3) is 4.07. The largest absolute Gasteiger partial charge is 0.482 e. The SMILES string of the molecule is O=C(COc1ccc(Cl)cc1Cl)Nc1ccc(-c2cnc[nH]2)cc1. The van der Waals surface area contributed by atoms with Crippen LogP contribution in [0, 0.1) is 0 Å². The van der Waals surface area contributed by atoms with Crippen LogP contribution in [0.2, 0.25) is 10.0 Å². The second kappa shape index (κ2) is 7.38. The van der Waals surface area contributed by atoms with Gasteiger partial charge in [0.25, 0.3) is 5.91 Å². The normalized spacial score (nSPS) is 10.4. The number of benzene rings is 2. The lowest BCUT2D eigenvalue weighted by atomic mass is 10.1. The van der Waals surface area contributed by atoms with E-state index in [4.69, 9.17) is 27.9 Å². The molecule has 0 aliphatic carbocycles.